The number of aliphatic carboxylic acids is 1. The van der Waals surface area contributed by atoms with Gasteiger partial charge in [-0.15, -0.1) is 0 Å². The predicted octanol–water partition coefficient (Wildman–Crippen LogP) is 3.21. The summed E-state index contributed by atoms with van der Waals surface area (Å²) < 4.78 is 59.8. The summed E-state index contributed by atoms with van der Waals surface area (Å²) in [5.74, 6) is -1.24. The molecule has 0 radical (unpaired) electrons. The first kappa shape index (κ1) is 25.2. The predicted molar refractivity (Wildman–Crippen MR) is 126 cm³/mol. The van der Waals surface area contributed by atoms with E-state index in [-0.39, 0.29) is 23.6 Å². The normalized spacial score (nSPS) is 13.5. The van der Waals surface area contributed by atoms with Crippen molar-refractivity contribution in [2.75, 3.05) is 12.3 Å². The first-order valence-electron chi connectivity index (χ1n) is 10.8. The highest BCUT2D eigenvalue weighted by molar-refractivity contribution is 7.89. The third-order valence-corrected chi connectivity index (χ3v) is 8.20. The van der Waals surface area contributed by atoms with Crippen LogP contribution < -0.4 is 9.44 Å². The Balaban J connectivity index is 1.64. The van der Waals surface area contributed by atoms with Crippen molar-refractivity contribution in [1.82, 2.24) is 9.44 Å². The molecule has 0 aliphatic rings. The van der Waals surface area contributed by atoms with Gasteiger partial charge in [0.25, 0.3) is 0 Å². The van der Waals surface area contributed by atoms with Crippen LogP contribution >= 0.6 is 0 Å². The summed E-state index contributed by atoms with van der Waals surface area (Å²) in [7, 11) is -7.44. The first-order valence-corrected chi connectivity index (χ1v) is 13.9. The minimum Gasteiger partial charge on any atom is -0.480 e. The number of para-hydroxylation sites is 1. The lowest BCUT2D eigenvalue weighted by Crippen LogP contribution is -2.40. The van der Waals surface area contributed by atoms with Crippen molar-refractivity contribution in [3.8, 4) is 0 Å². The summed E-state index contributed by atoms with van der Waals surface area (Å²) in [4.78, 5) is 11.6. The van der Waals surface area contributed by atoms with Gasteiger partial charge in [0.15, 0.2) is 0 Å². The quantitative estimate of drug-likeness (QED) is 0.308. The summed E-state index contributed by atoms with van der Waals surface area (Å²) in [6, 6.07) is 10.3. The van der Waals surface area contributed by atoms with Crippen LogP contribution in [0.15, 0.2) is 51.8 Å². The smallest absolute Gasteiger partial charge is 0.321 e. The van der Waals surface area contributed by atoms with Crippen LogP contribution in [0.4, 0.5) is 0 Å². The van der Waals surface area contributed by atoms with Crippen LogP contribution in [-0.2, 0) is 24.8 Å². The third-order valence-electron chi connectivity index (χ3n) is 5.26. The lowest BCUT2D eigenvalue weighted by molar-refractivity contribution is -0.139. The van der Waals surface area contributed by atoms with E-state index in [1.165, 1.54) is 12.1 Å². The van der Waals surface area contributed by atoms with Gasteiger partial charge < -0.3 is 9.52 Å². The fraction of sp³-hybridized carbons (Fsp3) is 0.409. The number of sulfonamides is 2. The molecule has 0 saturated carbocycles. The van der Waals surface area contributed by atoms with Gasteiger partial charge in [0.2, 0.25) is 20.0 Å². The number of carboxylic acids is 1. The number of unbranched alkanes of at least 4 members (excludes halogenated alkanes) is 2. The van der Waals surface area contributed by atoms with Gasteiger partial charge in [-0.3, -0.25) is 4.79 Å². The molecule has 1 atom stereocenters. The molecule has 0 bridgehead atoms. The molecule has 3 aromatic rings. The summed E-state index contributed by atoms with van der Waals surface area (Å²) in [6.45, 7) is 2.08. The second-order valence-electron chi connectivity index (χ2n) is 7.83. The molecule has 0 saturated heterocycles. The van der Waals surface area contributed by atoms with E-state index < -0.39 is 32.1 Å². The lowest BCUT2D eigenvalue weighted by Gasteiger charge is -2.15. The molecule has 3 N–H and O–H groups in total. The number of rotatable bonds is 13. The monoisotopic (exact) mass is 496 g/mol. The maximum Gasteiger partial charge on any atom is 0.321 e. The fourth-order valence-corrected chi connectivity index (χ4v) is 5.99. The molecule has 3 rings (SSSR count). The minimum atomic E-state index is -4.10. The van der Waals surface area contributed by atoms with Gasteiger partial charge in [-0.25, -0.2) is 21.6 Å². The molecule has 0 aliphatic heterocycles. The second-order valence-corrected chi connectivity index (χ2v) is 11.5. The number of carbonyl (C=O) groups is 1. The molecular formula is C22H28N2O7S2. The van der Waals surface area contributed by atoms with Crippen LogP contribution in [0.3, 0.4) is 0 Å². The zero-order valence-corrected chi connectivity index (χ0v) is 19.9. The van der Waals surface area contributed by atoms with Gasteiger partial charge in [-0.1, -0.05) is 31.5 Å². The van der Waals surface area contributed by atoms with E-state index in [1.807, 2.05) is 25.1 Å². The number of benzene rings is 2. The minimum absolute atomic E-state index is 0.0299. The highest BCUT2D eigenvalue weighted by atomic mass is 32.2. The van der Waals surface area contributed by atoms with E-state index in [9.17, 15) is 26.7 Å². The maximum atomic E-state index is 12.9. The largest absolute Gasteiger partial charge is 0.480 e. The van der Waals surface area contributed by atoms with E-state index in [0.29, 0.717) is 35.8 Å². The number of furan rings is 1. The molecule has 2 aromatic carbocycles. The molecule has 9 nitrogen and oxygen atoms in total. The molecule has 11 heteroatoms. The van der Waals surface area contributed by atoms with Gasteiger partial charge in [0.05, 0.1) is 10.6 Å². The number of hydrogen-bond donors (Lipinski definition) is 3. The Labute approximate surface area is 193 Å². The fourth-order valence-electron chi connectivity index (χ4n) is 3.47. The Morgan fingerprint density at radius 3 is 2.45 bits per heavy atom. The highest BCUT2D eigenvalue weighted by Gasteiger charge is 2.25. The molecule has 1 aromatic heterocycles. The summed E-state index contributed by atoms with van der Waals surface area (Å²) >= 11 is 0. The van der Waals surface area contributed by atoms with Crippen LogP contribution in [-0.4, -0.2) is 46.3 Å². The van der Waals surface area contributed by atoms with Crippen LogP contribution in [0.5, 0.6) is 0 Å². The van der Waals surface area contributed by atoms with Crippen LogP contribution in [0.2, 0.25) is 0 Å². The van der Waals surface area contributed by atoms with Crippen LogP contribution in [0.1, 0.15) is 39.0 Å². The van der Waals surface area contributed by atoms with E-state index in [2.05, 4.69) is 9.44 Å². The zero-order chi connectivity index (χ0) is 24.1. The summed E-state index contributed by atoms with van der Waals surface area (Å²) in [6.07, 6.45) is 2.09. The van der Waals surface area contributed by atoms with Crippen molar-refractivity contribution in [1.29, 1.82) is 0 Å². The molecule has 1 heterocycles. The van der Waals surface area contributed by atoms with Crippen LogP contribution in [0, 0.1) is 0 Å². The molecule has 1 unspecified atom stereocenters. The van der Waals surface area contributed by atoms with Gasteiger partial charge in [0, 0.05) is 17.3 Å². The van der Waals surface area contributed by atoms with E-state index in [0.717, 1.165) is 11.8 Å². The molecule has 0 spiro atoms. The van der Waals surface area contributed by atoms with Crippen molar-refractivity contribution in [2.24, 2.45) is 0 Å². The summed E-state index contributed by atoms with van der Waals surface area (Å²) in [5, 5.41) is 10.9. The molecule has 0 aliphatic carbocycles. The van der Waals surface area contributed by atoms with Crippen molar-refractivity contribution < 1.29 is 31.2 Å². The van der Waals surface area contributed by atoms with Crippen molar-refractivity contribution in [3.63, 3.8) is 0 Å². The summed E-state index contributed by atoms with van der Waals surface area (Å²) in [5.41, 5.74) is 1.16. The Morgan fingerprint density at radius 1 is 1.00 bits per heavy atom. The molecular weight excluding hydrogens is 468 g/mol. The molecule has 0 fully saturated rings. The molecule has 33 heavy (non-hydrogen) atoms. The number of fused-ring (bicyclic) bond motifs is 3. The Kier molecular flexibility index (Phi) is 8.11. The Hall–Kier alpha value is -2.47. The number of nitrogens with one attached hydrogen (secondary N) is 2. The van der Waals surface area contributed by atoms with Crippen molar-refractivity contribution in [3.05, 3.63) is 42.5 Å². The number of carboxylic acid groups (broad SMARTS) is 1. The van der Waals surface area contributed by atoms with Crippen LogP contribution in [0.25, 0.3) is 21.9 Å². The third kappa shape index (κ3) is 6.53. The zero-order valence-electron chi connectivity index (χ0n) is 18.3. The van der Waals surface area contributed by atoms with Gasteiger partial charge in [0.1, 0.15) is 17.2 Å². The topological polar surface area (TPSA) is 143 Å². The van der Waals surface area contributed by atoms with E-state index >= 15 is 0 Å². The Bertz CT molecular complexity index is 1330. The van der Waals surface area contributed by atoms with Gasteiger partial charge in [-0.2, -0.15) is 4.72 Å². The average molecular weight is 497 g/mol. The molecule has 0 amide bonds. The second kappa shape index (κ2) is 10.6. The lowest BCUT2D eigenvalue weighted by atomic mass is 10.1. The maximum absolute atomic E-state index is 12.9. The van der Waals surface area contributed by atoms with E-state index in [4.69, 9.17) is 4.42 Å². The van der Waals surface area contributed by atoms with Gasteiger partial charge in [-0.05, 0) is 49.9 Å². The van der Waals surface area contributed by atoms with E-state index in [1.54, 1.807) is 12.1 Å². The number of hydrogen-bond acceptors (Lipinski definition) is 6. The average Bonchev–Trinajstić information content (AvgIpc) is 3.14. The first-order chi connectivity index (χ1) is 15.6. The Morgan fingerprint density at radius 2 is 1.73 bits per heavy atom. The molecule has 180 valence electrons. The van der Waals surface area contributed by atoms with Crippen molar-refractivity contribution >= 4 is 48.0 Å². The SMILES string of the molecule is CCCCS(=O)(=O)NCCCCC(NS(=O)(=O)c1ccc2oc3ccccc3c2c1)C(=O)O. The van der Waals surface area contributed by atoms with Crippen molar-refractivity contribution in [2.45, 2.75) is 50.0 Å². The standard InChI is InChI=1S/C22H28N2O7S2/c1-2-3-14-32(27,28)23-13-7-6-9-19(22(25)26)24-33(29,30)16-11-12-21-18(15-16)17-8-4-5-10-20(17)31-21/h4-5,8,10-12,15,19,23-24H,2-3,6-7,9,13-14H2,1H3,(H,25,26). The highest BCUT2D eigenvalue weighted by Crippen LogP contribution is 2.30. The van der Waals surface area contributed by atoms with Gasteiger partial charge >= 0.3 is 5.97 Å².